The van der Waals surface area contributed by atoms with Gasteiger partial charge in [-0.2, -0.15) is 0 Å². The molecule has 0 heterocycles. The maximum Gasteiger partial charge on any atom is 0.322 e. The number of nitrogens with one attached hydrogen (secondary N) is 1. The SMILES string of the molecule is Nc1cc(NCC(=O)O)ccc1S(N)(=O)=O. The van der Waals surface area contributed by atoms with Crippen molar-refractivity contribution in [3.63, 3.8) is 0 Å². The van der Waals surface area contributed by atoms with Crippen LogP contribution in [0.1, 0.15) is 0 Å². The first-order valence-electron chi connectivity index (χ1n) is 4.18. The average Bonchev–Trinajstić information content (AvgIpc) is 2.12. The maximum atomic E-state index is 11.0. The van der Waals surface area contributed by atoms with E-state index in [0.29, 0.717) is 5.69 Å². The lowest BCUT2D eigenvalue weighted by Crippen LogP contribution is -2.15. The van der Waals surface area contributed by atoms with Crippen molar-refractivity contribution in [1.82, 2.24) is 0 Å². The molecule has 88 valence electrons. The van der Waals surface area contributed by atoms with Crippen LogP contribution in [-0.2, 0) is 14.8 Å². The molecule has 0 aromatic heterocycles. The lowest BCUT2D eigenvalue weighted by Gasteiger charge is -2.07. The van der Waals surface area contributed by atoms with Crippen molar-refractivity contribution in [3.8, 4) is 0 Å². The monoisotopic (exact) mass is 245 g/mol. The second kappa shape index (κ2) is 4.37. The number of aliphatic carboxylic acids is 1. The van der Waals surface area contributed by atoms with Crippen molar-refractivity contribution in [1.29, 1.82) is 0 Å². The van der Waals surface area contributed by atoms with Crippen molar-refractivity contribution < 1.29 is 18.3 Å². The van der Waals surface area contributed by atoms with E-state index in [4.69, 9.17) is 16.0 Å². The Labute approximate surface area is 92.1 Å². The lowest BCUT2D eigenvalue weighted by molar-refractivity contribution is -0.134. The van der Waals surface area contributed by atoms with Crippen molar-refractivity contribution in [3.05, 3.63) is 18.2 Å². The van der Waals surface area contributed by atoms with Gasteiger partial charge in [0.15, 0.2) is 0 Å². The smallest absolute Gasteiger partial charge is 0.322 e. The van der Waals surface area contributed by atoms with E-state index in [2.05, 4.69) is 5.32 Å². The summed E-state index contributed by atoms with van der Waals surface area (Å²) in [5, 5.41) is 15.9. The number of nitrogen functional groups attached to an aromatic ring is 1. The van der Waals surface area contributed by atoms with E-state index in [1.54, 1.807) is 0 Å². The molecule has 16 heavy (non-hydrogen) atoms. The van der Waals surface area contributed by atoms with Crippen molar-refractivity contribution in [2.75, 3.05) is 17.6 Å². The second-order valence-electron chi connectivity index (χ2n) is 3.04. The first-order chi connectivity index (χ1) is 7.30. The number of nitrogens with two attached hydrogens (primary N) is 2. The van der Waals surface area contributed by atoms with E-state index in [-0.39, 0.29) is 17.1 Å². The normalized spacial score (nSPS) is 11.1. The molecule has 8 heteroatoms. The Balaban J connectivity index is 2.96. The Morgan fingerprint density at radius 1 is 1.44 bits per heavy atom. The molecule has 0 saturated heterocycles. The lowest BCUT2D eigenvalue weighted by atomic mass is 10.3. The van der Waals surface area contributed by atoms with Gasteiger partial charge in [-0.15, -0.1) is 0 Å². The van der Waals surface area contributed by atoms with E-state index >= 15 is 0 Å². The van der Waals surface area contributed by atoms with Crippen molar-refractivity contribution in [2.24, 2.45) is 5.14 Å². The first kappa shape index (κ1) is 12.3. The molecule has 7 nitrogen and oxygen atoms in total. The number of anilines is 2. The van der Waals surface area contributed by atoms with Gasteiger partial charge in [0.05, 0.1) is 5.69 Å². The number of hydrogen-bond acceptors (Lipinski definition) is 5. The van der Waals surface area contributed by atoms with Gasteiger partial charge in [0.2, 0.25) is 10.0 Å². The molecule has 1 rings (SSSR count). The molecule has 0 aliphatic carbocycles. The van der Waals surface area contributed by atoms with E-state index in [1.165, 1.54) is 18.2 Å². The van der Waals surface area contributed by atoms with Crippen LogP contribution in [0, 0.1) is 0 Å². The van der Waals surface area contributed by atoms with Gasteiger partial charge in [-0.05, 0) is 18.2 Å². The van der Waals surface area contributed by atoms with E-state index in [0.717, 1.165) is 0 Å². The summed E-state index contributed by atoms with van der Waals surface area (Å²) in [6.07, 6.45) is 0. The highest BCUT2D eigenvalue weighted by Gasteiger charge is 2.12. The highest BCUT2D eigenvalue weighted by atomic mass is 32.2. The molecule has 1 aromatic rings. The Kier molecular flexibility index (Phi) is 3.35. The Morgan fingerprint density at radius 3 is 2.50 bits per heavy atom. The molecule has 0 unspecified atom stereocenters. The molecule has 0 fully saturated rings. The van der Waals surface area contributed by atoms with E-state index in [9.17, 15) is 13.2 Å². The van der Waals surface area contributed by atoms with Gasteiger partial charge in [-0.25, -0.2) is 13.6 Å². The quantitative estimate of drug-likeness (QED) is 0.523. The number of primary sulfonamides is 1. The Bertz CT molecular complexity index is 512. The fraction of sp³-hybridized carbons (Fsp3) is 0.125. The summed E-state index contributed by atoms with van der Waals surface area (Å²) >= 11 is 0. The molecular weight excluding hydrogens is 234 g/mol. The van der Waals surface area contributed by atoms with Crippen LogP contribution in [0.25, 0.3) is 0 Å². The Morgan fingerprint density at radius 2 is 2.06 bits per heavy atom. The highest BCUT2D eigenvalue weighted by molar-refractivity contribution is 7.89. The average molecular weight is 245 g/mol. The highest BCUT2D eigenvalue weighted by Crippen LogP contribution is 2.20. The zero-order valence-corrected chi connectivity index (χ0v) is 8.99. The Hall–Kier alpha value is -1.80. The van der Waals surface area contributed by atoms with Crippen molar-refractivity contribution >= 4 is 27.4 Å². The summed E-state index contributed by atoms with van der Waals surface area (Å²) in [6, 6.07) is 3.91. The number of carbonyl (C=O) groups is 1. The number of carboxylic acids is 1. The largest absolute Gasteiger partial charge is 0.480 e. The minimum absolute atomic E-state index is 0.0297. The third-order valence-corrected chi connectivity index (χ3v) is 2.74. The minimum Gasteiger partial charge on any atom is -0.480 e. The summed E-state index contributed by atoms with van der Waals surface area (Å²) in [4.78, 5) is 10.1. The van der Waals surface area contributed by atoms with Gasteiger partial charge in [0.1, 0.15) is 11.4 Å². The summed E-state index contributed by atoms with van der Waals surface area (Å²) in [7, 11) is -3.85. The zero-order chi connectivity index (χ0) is 12.3. The number of carboxylic acid groups (broad SMARTS) is 1. The third-order valence-electron chi connectivity index (χ3n) is 1.76. The molecule has 0 saturated carbocycles. The molecule has 0 amide bonds. The number of benzene rings is 1. The van der Waals surface area contributed by atoms with Gasteiger partial charge in [0, 0.05) is 5.69 Å². The van der Waals surface area contributed by atoms with Crippen LogP contribution < -0.4 is 16.2 Å². The second-order valence-corrected chi connectivity index (χ2v) is 4.57. The molecule has 0 atom stereocenters. The first-order valence-corrected chi connectivity index (χ1v) is 5.73. The zero-order valence-electron chi connectivity index (χ0n) is 8.17. The van der Waals surface area contributed by atoms with Crippen LogP contribution in [0.4, 0.5) is 11.4 Å². The molecule has 6 N–H and O–H groups in total. The van der Waals surface area contributed by atoms with Gasteiger partial charge < -0.3 is 16.2 Å². The van der Waals surface area contributed by atoms with Crippen molar-refractivity contribution in [2.45, 2.75) is 4.90 Å². The van der Waals surface area contributed by atoms with Crippen LogP contribution >= 0.6 is 0 Å². The predicted molar refractivity (Wildman–Crippen MR) is 58.4 cm³/mol. The summed E-state index contributed by atoms with van der Waals surface area (Å²) in [5.41, 5.74) is 5.85. The van der Waals surface area contributed by atoms with Crippen LogP contribution in [-0.4, -0.2) is 26.0 Å². The van der Waals surface area contributed by atoms with Crippen LogP contribution in [0.2, 0.25) is 0 Å². The van der Waals surface area contributed by atoms with Gasteiger partial charge in [-0.3, -0.25) is 4.79 Å². The summed E-state index contributed by atoms with van der Waals surface area (Å²) in [6.45, 7) is -0.284. The number of hydrogen-bond donors (Lipinski definition) is 4. The van der Waals surface area contributed by atoms with E-state index < -0.39 is 16.0 Å². The standard InChI is InChI=1S/C8H11N3O4S/c9-6-3-5(11-4-8(12)13)1-2-7(6)16(10,14)15/h1-3,11H,4,9H2,(H,12,13)(H2,10,14,15). The molecule has 0 aliphatic rings. The maximum absolute atomic E-state index is 11.0. The van der Waals surface area contributed by atoms with Crippen LogP contribution in [0.5, 0.6) is 0 Å². The molecule has 1 aromatic carbocycles. The third kappa shape index (κ3) is 3.11. The van der Waals surface area contributed by atoms with Gasteiger partial charge >= 0.3 is 5.97 Å². The van der Waals surface area contributed by atoms with E-state index in [1.807, 2.05) is 0 Å². The van der Waals surface area contributed by atoms with Crippen LogP contribution in [0.15, 0.2) is 23.1 Å². The topological polar surface area (TPSA) is 136 Å². The summed E-state index contributed by atoms with van der Waals surface area (Å²) in [5.74, 6) is -1.03. The van der Waals surface area contributed by atoms with Crippen LogP contribution in [0.3, 0.4) is 0 Å². The number of rotatable bonds is 4. The molecular formula is C8H11N3O4S. The predicted octanol–water partition coefficient (Wildman–Crippen LogP) is -0.587. The summed E-state index contributed by atoms with van der Waals surface area (Å²) < 4.78 is 22.0. The van der Waals surface area contributed by atoms with Gasteiger partial charge in [0.25, 0.3) is 0 Å². The fourth-order valence-corrected chi connectivity index (χ4v) is 1.74. The molecule has 0 aliphatic heterocycles. The fourth-order valence-electron chi connectivity index (χ4n) is 1.10. The molecule has 0 spiro atoms. The molecule has 0 bridgehead atoms. The van der Waals surface area contributed by atoms with Gasteiger partial charge in [-0.1, -0.05) is 0 Å². The number of sulfonamides is 1. The minimum atomic E-state index is -3.85. The molecule has 0 radical (unpaired) electrons.